The van der Waals surface area contributed by atoms with E-state index in [1.54, 1.807) is 0 Å². The summed E-state index contributed by atoms with van der Waals surface area (Å²) in [4.78, 5) is 7.18. The third kappa shape index (κ3) is 4.13. The molecule has 1 aliphatic heterocycles. The van der Waals surface area contributed by atoms with Crippen molar-refractivity contribution in [2.45, 2.75) is 32.6 Å². The monoisotopic (exact) mass is 508 g/mol. The number of fused-ring (bicyclic) bond motifs is 4. The molecule has 0 spiro atoms. The van der Waals surface area contributed by atoms with Crippen molar-refractivity contribution < 1.29 is 0 Å². The van der Waals surface area contributed by atoms with E-state index in [2.05, 4.69) is 139 Å². The maximum absolute atomic E-state index is 4.83. The molecule has 192 valence electrons. The van der Waals surface area contributed by atoms with Crippen LogP contribution in [0.3, 0.4) is 0 Å². The van der Waals surface area contributed by atoms with Gasteiger partial charge in [-0.25, -0.2) is 4.98 Å². The van der Waals surface area contributed by atoms with Gasteiger partial charge in [0.25, 0.3) is 0 Å². The normalized spacial score (nSPS) is 13.2. The molecular formula is C35H32N4. The van der Waals surface area contributed by atoms with Crippen LogP contribution in [0.4, 0.5) is 17.1 Å². The number of anilines is 3. The van der Waals surface area contributed by atoms with Crippen molar-refractivity contribution in [3.63, 3.8) is 0 Å². The van der Waals surface area contributed by atoms with E-state index in [0.717, 1.165) is 18.9 Å². The first kappa shape index (κ1) is 23.5. The first-order valence-electron chi connectivity index (χ1n) is 13.6. The Kier molecular flexibility index (Phi) is 5.44. The fourth-order valence-corrected chi connectivity index (χ4v) is 5.79. The molecule has 1 aliphatic rings. The molecule has 0 atom stereocenters. The molecule has 0 saturated carbocycles. The Morgan fingerprint density at radius 1 is 0.744 bits per heavy atom. The molecule has 7 rings (SSSR count). The first-order chi connectivity index (χ1) is 19.0. The minimum Gasteiger partial charge on any atom is -0.366 e. The molecule has 0 amide bonds. The third-order valence-electron chi connectivity index (χ3n) is 7.83. The van der Waals surface area contributed by atoms with Crippen LogP contribution in [0, 0.1) is 0 Å². The summed E-state index contributed by atoms with van der Waals surface area (Å²) < 4.78 is 2.33. The highest BCUT2D eigenvalue weighted by atomic mass is 15.3. The number of hydrogen-bond acceptors (Lipinski definition) is 3. The summed E-state index contributed by atoms with van der Waals surface area (Å²) in [5.74, 6) is 0.966. The molecule has 39 heavy (non-hydrogen) atoms. The van der Waals surface area contributed by atoms with Crippen molar-refractivity contribution in [1.29, 1.82) is 0 Å². The standard InChI is InChI=1S/C35H32N4/c1-35(2,3)26-17-18-36-34(22-26)39-31-13-6-4-11-28(31)29-16-15-25(21-33(29)39)19-24-9-8-10-27(20-24)38-23-37-30-12-5-7-14-32(30)38/h4-18,20-22,37H,19,23H2,1-3H3. The number of benzene rings is 4. The fraction of sp³-hybridized carbons (Fsp3) is 0.171. The van der Waals surface area contributed by atoms with E-state index in [0.29, 0.717) is 0 Å². The summed E-state index contributed by atoms with van der Waals surface area (Å²) in [6.07, 6.45) is 2.81. The SMILES string of the molecule is CC(C)(C)c1ccnc(-n2c3ccccc3c3ccc(Cc4cccc(N5CNc6ccccc65)c4)cc32)c1. The van der Waals surface area contributed by atoms with Gasteiger partial charge in [-0.15, -0.1) is 0 Å². The number of pyridine rings is 1. The lowest BCUT2D eigenvalue weighted by atomic mass is 9.88. The van der Waals surface area contributed by atoms with Crippen LogP contribution in [0.5, 0.6) is 0 Å². The lowest BCUT2D eigenvalue weighted by Crippen LogP contribution is -2.16. The van der Waals surface area contributed by atoms with Gasteiger partial charge in [0.1, 0.15) is 5.82 Å². The molecule has 4 aromatic carbocycles. The highest BCUT2D eigenvalue weighted by molar-refractivity contribution is 6.09. The minimum absolute atomic E-state index is 0.0536. The van der Waals surface area contributed by atoms with Gasteiger partial charge in [-0.05, 0) is 77.1 Å². The number of hydrogen-bond donors (Lipinski definition) is 1. The molecule has 0 unspecified atom stereocenters. The van der Waals surface area contributed by atoms with Crippen LogP contribution >= 0.6 is 0 Å². The molecule has 4 heteroatoms. The number of nitrogens with zero attached hydrogens (tertiary/aromatic N) is 3. The molecule has 4 nitrogen and oxygen atoms in total. The zero-order valence-corrected chi connectivity index (χ0v) is 22.6. The minimum atomic E-state index is 0.0536. The highest BCUT2D eigenvalue weighted by Gasteiger charge is 2.20. The lowest BCUT2D eigenvalue weighted by Gasteiger charge is -2.20. The third-order valence-corrected chi connectivity index (χ3v) is 7.83. The fourth-order valence-electron chi connectivity index (χ4n) is 5.79. The van der Waals surface area contributed by atoms with Crippen LogP contribution in [0.25, 0.3) is 27.6 Å². The molecule has 0 fully saturated rings. The molecule has 3 heterocycles. The Bertz CT molecular complexity index is 1840. The first-order valence-corrected chi connectivity index (χ1v) is 13.6. The number of para-hydroxylation sites is 3. The van der Waals surface area contributed by atoms with Gasteiger partial charge < -0.3 is 10.2 Å². The van der Waals surface area contributed by atoms with Crippen LogP contribution in [0.2, 0.25) is 0 Å². The molecule has 0 radical (unpaired) electrons. The maximum atomic E-state index is 4.83. The van der Waals surface area contributed by atoms with Gasteiger partial charge in [-0.2, -0.15) is 0 Å². The maximum Gasteiger partial charge on any atom is 0.137 e. The Morgan fingerprint density at radius 3 is 2.44 bits per heavy atom. The van der Waals surface area contributed by atoms with Gasteiger partial charge in [0, 0.05) is 22.7 Å². The predicted octanol–water partition coefficient (Wildman–Crippen LogP) is 8.59. The molecule has 2 aromatic heterocycles. The van der Waals surface area contributed by atoms with Crippen molar-refractivity contribution in [3.8, 4) is 5.82 Å². The molecule has 0 bridgehead atoms. The second-order valence-electron chi connectivity index (χ2n) is 11.5. The van der Waals surface area contributed by atoms with Crippen molar-refractivity contribution in [2.75, 3.05) is 16.9 Å². The van der Waals surface area contributed by atoms with Gasteiger partial charge in [-0.3, -0.25) is 4.57 Å². The molecule has 0 saturated heterocycles. The Balaban J connectivity index is 1.30. The largest absolute Gasteiger partial charge is 0.366 e. The molecular weight excluding hydrogens is 476 g/mol. The average Bonchev–Trinajstić information content (AvgIpc) is 3.52. The van der Waals surface area contributed by atoms with Crippen LogP contribution in [-0.4, -0.2) is 16.2 Å². The van der Waals surface area contributed by atoms with E-state index in [-0.39, 0.29) is 5.41 Å². The number of nitrogens with one attached hydrogen (secondary N) is 1. The van der Waals surface area contributed by atoms with Crippen molar-refractivity contribution >= 4 is 38.9 Å². The Labute approximate surface area is 229 Å². The summed E-state index contributed by atoms with van der Waals surface area (Å²) in [6, 6.07) is 37.3. The molecule has 1 N–H and O–H groups in total. The number of rotatable bonds is 4. The smallest absolute Gasteiger partial charge is 0.137 e. The molecule has 6 aromatic rings. The summed E-state index contributed by atoms with van der Waals surface area (Å²) in [5, 5.41) is 6.01. The zero-order valence-electron chi connectivity index (χ0n) is 22.6. The summed E-state index contributed by atoms with van der Waals surface area (Å²) in [5.41, 5.74) is 9.93. The Hall–Kier alpha value is -4.57. The van der Waals surface area contributed by atoms with Gasteiger partial charge in [0.05, 0.1) is 29.1 Å². The summed E-state index contributed by atoms with van der Waals surface area (Å²) in [6.45, 7) is 7.54. The van der Waals surface area contributed by atoms with E-state index < -0.39 is 0 Å². The predicted molar refractivity (Wildman–Crippen MR) is 164 cm³/mol. The Morgan fingerprint density at radius 2 is 1.54 bits per heavy atom. The second kappa shape index (κ2) is 9.02. The van der Waals surface area contributed by atoms with Crippen molar-refractivity contribution in [2.24, 2.45) is 0 Å². The van der Waals surface area contributed by atoms with Crippen LogP contribution in [-0.2, 0) is 11.8 Å². The second-order valence-corrected chi connectivity index (χ2v) is 11.5. The summed E-state index contributed by atoms with van der Waals surface area (Å²) in [7, 11) is 0. The van der Waals surface area contributed by atoms with E-state index in [1.165, 1.54) is 55.6 Å². The van der Waals surface area contributed by atoms with Crippen molar-refractivity contribution in [3.05, 3.63) is 126 Å². The average molecular weight is 509 g/mol. The van der Waals surface area contributed by atoms with Crippen LogP contribution < -0.4 is 10.2 Å². The van der Waals surface area contributed by atoms with Crippen LogP contribution in [0.15, 0.2) is 109 Å². The number of aromatic nitrogens is 2. The van der Waals surface area contributed by atoms with E-state index >= 15 is 0 Å². The summed E-state index contributed by atoms with van der Waals surface area (Å²) >= 11 is 0. The topological polar surface area (TPSA) is 33.1 Å². The quantitative estimate of drug-likeness (QED) is 0.259. The molecule has 0 aliphatic carbocycles. The van der Waals surface area contributed by atoms with Gasteiger partial charge in [-0.1, -0.05) is 75.4 Å². The van der Waals surface area contributed by atoms with Gasteiger partial charge in [0.2, 0.25) is 0 Å². The van der Waals surface area contributed by atoms with Gasteiger partial charge >= 0.3 is 0 Å². The van der Waals surface area contributed by atoms with E-state index in [9.17, 15) is 0 Å². The lowest BCUT2D eigenvalue weighted by molar-refractivity contribution is 0.588. The van der Waals surface area contributed by atoms with Gasteiger partial charge in [0.15, 0.2) is 0 Å². The van der Waals surface area contributed by atoms with E-state index in [4.69, 9.17) is 4.98 Å². The van der Waals surface area contributed by atoms with E-state index in [1.807, 2.05) is 6.20 Å². The van der Waals surface area contributed by atoms with Crippen LogP contribution in [0.1, 0.15) is 37.5 Å². The highest BCUT2D eigenvalue weighted by Crippen LogP contribution is 2.37. The van der Waals surface area contributed by atoms with Crippen molar-refractivity contribution in [1.82, 2.24) is 9.55 Å². The zero-order chi connectivity index (χ0) is 26.6.